The monoisotopic (exact) mass is 232 g/mol. The molecule has 0 unspecified atom stereocenters. The third kappa shape index (κ3) is 2.10. The lowest BCUT2D eigenvalue weighted by molar-refractivity contribution is -0.131. The Morgan fingerprint density at radius 3 is 2.59 bits per heavy atom. The summed E-state index contributed by atoms with van der Waals surface area (Å²) in [5.74, 6) is -0.959. The van der Waals surface area contributed by atoms with Gasteiger partial charge in [-0.1, -0.05) is 0 Å². The predicted octanol–water partition coefficient (Wildman–Crippen LogP) is 1.11. The lowest BCUT2D eigenvalue weighted by atomic mass is 10.2. The summed E-state index contributed by atoms with van der Waals surface area (Å²) in [6.07, 6.45) is 5.87. The third-order valence-electron chi connectivity index (χ3n) is 2.48. The van der Waals surface area contributed by atoms with Crippen LogP contribution in [0, 0.1) is 13.8 Å². The second-order valence-corrected chi connectivity index (χ2v) is 3.65. The van der Waals surface area contributed by atoms with E-state index >= 15 is 0 Å². The molecule has 0 amide bonds. The third-order valence-corrected chi connectivity index (χ3v) is 2.48. The van der Waals surface area contributed by atoms with Gasteiger partial charge in [-0.2, -0.15) is 0 Å². The quantitative estimate of drug-likeness (QED) is 0.804. The molecule has 2 aromatic rings. The number of nitrogens with zero attached hydrogens (tertiary/aromatic N) is 4. The van der Waals surface area contributed by atoms with Crippen molar-refractivity contribution in [3.8, 4) is 0 Å². The Kier molecular flexibility index (Phi) is 2.78. The molecule has 17 heavy (non-hydrogen) atoms. The van der Waals surface area contributed by atoms with E-state index in [4.69, 9.17) is 5.11 Å². The van der Waals surface area contributed by atoms with Crippen LogP contribution in [0.1, 0.15) is 17.0 Å². The first kappa shape index (κ1) is 11.1. The van der Waals surface area contributed by atoms with Crippen molar-refractivity contribution in [1.82, 2.24) is 19.5 Å². The highest BCUT2D eigenvalue weighted by Crippen LogP contribution is 2.16. The van der Waals surface area contributed by atoms with Crippen LogP contribution in [0.2, 0.25) is 0 Å². The number of carboxylic acids is 1. The standard InChI is InChI=1S/C11H12N4O2/c1-8-5-10(3-4-11(16)17)9(2)15(8)14-6-12-13-7-14/h3-7H,1-2H3,(H,16,17). The van der Waals surface area contributed by atoms with E-state index < -0.39 is 5.97 Å². The van der Waals surface area contributed by atoms with Crippen molar-refractivity contribution >= 4 is 12.0 Å². The van der Waals surface area contributed by atoms with Crippen LogP contribution in [0.5, 0.6) is 0 Å². The molecule has 2 heterocycles. The Morgan fingerprint density at radius 2 is 2.00 bits per heavy atom. The lowest BCUT2D eigenvalue weighted by Gasteiger charge is -2.08. The summed E-state index contributed by atoms with van der Waals surface area (Å²) in [6.45, 7) is 3.85. The fraction of sp³-hybridized carbons (Fsp3) is 0.182. The van der Waals surface area contributed by atoms with Gasteiger partial charge in [0.25, 0.3) is 0 Å². The number of carbonyl (C=O) groups is 1. The van der Waals surface area contributed by atoms with Gasteiger partial charge >= 0.3 is 5.97 Å². The van der Waals surface area contributed by atoms with Crippen LogP contribution in [-0.2, 0) is 4.79 Å². The largest absolute Gasteiger partial charge is 0.478 e. The average Bonchev–Trinajstić information content (AvgIpc) is 2.84. The van der Waals surface area contributed by atoms with Crippen LogP contribution in [0.4, 0.5) is 0 Å². The average molecular weight is 232 g/mol. The minimum absolute atomic E-state index is 0.860. The summed E-state index contributed by atoms with van der Waals surface area (Å²) in [5.41, 5.74) is 2.77. The molecule has 6 nitrogen and oxygen atoms in total. The second-order valence-electron chi connectivity index (χ2n) is 3.65. The van der Waals surface area contributed by atoms with E-state index in [1.54, 1.807) is 23.4 Å². The van der Waals surface area contributed by atoms with E-state index in [2.05, 4.69) is 10.2 Å². The molecule has 0 fully saturated rings. The van der Waals surface area contributed by atoms with Crippen molar-refractivity contribution in [2.75, 3.05) is 0 Å². The van der Waals surface area contributed by atoms with Gasteiger partial charge < -0.3 is 5.11 Å². The summed E-state index contributed by atoms with van der Waals surface area (Å²) in [6, 6.07) is 1.91. The van der Waals surface area contributed by atoms with Crippen molar-refractivity contribution in [2.24, 2.45) is 0 Å². The predicted molar refractivity (Wildman–Crippen MR) is 61.4 cm³/mol. The topological polar surface area (TPSA) is 72.9 Å². The SMILES string of the molecule is Cc1cc(C=CC(=O)O)c(C)n1-n1cnnc1. The van der Waals surface area contributed by atoms with Gasteiger partial charge in [0.1, 0.15) is 12.7 Å². The molecule has 2 rings (SSSR count). The minimum atomic E-state index is -0.959. The number of hydrogen-bond donors (Lipinski definition) is 1. The Hall–Kier alpha value is -2.37. The lowest BCUT2D eigenvalue weighted by Crippen LogP contribution is -2.10. The van der Waals surface area contributed by atoms with Crippen LogP contribution >= 0.6 is 0 Å². The highest BCUT2D eigenvalue weighted by atomic mass is 16.4. The molecule has 88 valence electrons. The Bertz CT molecular complexity index is 567. The van der Waals surface area contributed by atoms with Gasteiger partial charge in [0, 0.05) is 17.5 Å². The van der Waals surface area contributed by atoms with Gasteiger partial charge in [-0.3, -0.25) is 4.68 Å². The van der Waals surface area contributed by atoms with Gasteiger partial charge in [0.05, 0.1) is 0 Å². The Labute approximate surface area is 97.8 Å². The molecule has 0 aliphatic carbocycles. The molecule has 0 aliphatic rings. The highest BCUT2D eigenvalue weighted by molar-refractivity contribution is 5.85. The molecule has 0 bridgehead atoms. The molecule has 0 aliphatic heterocycles. The molecule has 0 saturated carbocycles. The molecule has 0 aromatic carbocycles. The zero-order chi connectivity index (χ0) is 12.4. The molecular formula is C11H12N4O2. The zero-order valence-corrected chi connectivity index (χ0v) is 9.53. The Balaban J connectivity index is 2.46. The van der Waals surface area contributed by atoms with Crippen molar-refractivity contribution in [3.63, 3.8) is 0 Å². The van der Waals surface area contributed by atoms with Crippen molar-refractivity contribution in [2.45, 2.75) is 13.8 Å². The first-order valence-electron chi connectivity index (χ1n) is 5.05. The fourth-order valence-corrected chi connectivity index (χ4v) is 1.76. The molecule has 0 spiro atoms. The number of aliphatic carboxylic acids is 1. The van der Waals surface area contributed by atoms with Gasteiger partial charge in [0.2, 0.25) is 0 Å². The van der Waals surface area contributed by atoms with Crippen LogP contribution in [0.3, 0.4) is 0 Å². The number of rotatable bonds is 3. The number of aryl methyl sites for hydroxylation is 1. The van der Waals surface area contributed by atoms with Crippen molar-refractivity contribution in [3.05, 3.63) is 41.7 Å². The fourth-order valence-electron chi connectivity index (χ4n) is 1.76. The zero-order valence-electron chi connectivity index (χ0n) is 9.53. The first-order chi connectivity index (χ1) is 8.09. The number of aromatic nitrogens is 4. The van der Waals surface area contributed by atoms with Crippen LogP contribution in [0.25, 0.3) is 6.08 Å². The normalized spacial score (nSPS) is 11.2. The van der Waals surface area contributed by atoms with Gasteiger partial charge in [-0.25, -0.2) is 9.47 Å². The van der Waals surface area contributed by atoms with E-state index in [1.807, 2.05) is 24.6 Å². The number of hydrogen-bond acceptors (Lipinski definition) is 3. The van der Waals surface area contributed by atoms with Crippen molar-refractivity contribution in [1.29, 1.82) is 0 Å². The minimum Gasteiger partial charge on any atom is -0.478 e. The maximum Gasteiger partial charge on any atom is 0.328 e. The summed E-state index contributed by atoms with van der Waals surface area (Å²) >= 11 is 0. The molecule has 6 heteroatoms. The van der Waals surface area contributed by atoms with E-state index in [9.17, 15) is 4.79 Å². The summed E-state index contributed by atoms with van der Waals surface area (Å²) in [7, 11) is 0. The highest BCUT2D eigenvalue weighted by Gasteiger charge is 2.08. The maximum atomic E-state index is 10.5. The van der Waals surface area contributed by atoms with E-state index in [0.29, 0.717) is 0 Å². The Morgan fingerprint density at radius 1 is 1.35 bits per heavy atom. The first-order valence-corrected chi connectivity index (χ1v) is 5.05. The van der Waals surface area contributed by atoms with Gasteiger partial charge in [-0.05, 0) is 31.6 Å². The second kappa shape index (κ2) is 4.25. The van der Waals surface area contributed by atoms with E-state index in [1.165, 1.54) is 0 Å². The molecule has 0 saturated heterocycles. The summed E-state index contributed by atoms with van der Waals surface area (Å²) in [4.78, 5) is 10.5. The van der Waals surface area contributed by atoms with E-state index in [0.717, 1.165) is 23.0 Å². The van der Waals surface area contributed by atoms with Crippen LogP contribution < -0.4 is 0 Å². The molecular weight excluding hydrogens is 220 g/mol. The van der Waals surface area contributed by atoms with Crippen LogP contribution in [0.15, 0.2) is 24.8 Å². The summed E-state index contributed by atoms with van der Waals surface area (Å²) < 4.78 is 3.64. The van der Waals surface area contributed by atoms with Crippen molar-refractivity contribution < 1.29 is 9.90 Å². The van der Waals surface area contributed by atoms with Crippen LogP contribution in [-0.4, -0.2) is 30.6 Å². The molecule has 0 atom stereocenters. The molecule has 2 aromatic heterocycles. The molecule has 0 radical (unpaired) electrons. The van der Waals surface area contributed by atoms with Gasteiger partial charge in [-0.15, -0.1) is 10.2 Å². The molecule has 1 N–H and O–H groups in total. The maximum absolute atomic E-state index is 10.5. The number of carboxylic acid groups (broad SMARTS) is 1. The van der Waals surface area contributed by atoms with E-state index in [-0.39, 0.29) is 0 Å². The summed E-state index contributed by atoms with van der Waals surface area (Å²) in [5, 5.41) is 16.1. The smallest absolute Gasteiger partial charge is 0.328 e. The van der Waals surface area contributed by atoms with Gasteiger partial charge in [0.15, 0.2) is 0 Å².